The highest BCUT2D eigenvalue weighted by molar-refractivity contribution is 6.03. The Kier molecular flexibility index (Phi) is 4.35. The van der Waals surface area contributed by atoms with E-state index in [1.807, 2.05) is 13.0 Å². The van der Waals surface area contributed by atoms with Crippen LogP contribution in [0.5, 0.6) is 0 Å². The summed E-state index contributed by atoms with van der Waals surface area (Å²) < 4.78 is 27.7. The quantitative estimate of drug-likeness (QED) is 0.488. The van der Waals surface area contributed by atoms with E-state index in [1.165, 1.54) is 30.3 Å². The summed E-state index contributed by atoms with van der Waals surface area (Å²) in [6.45, 7) is 1.83. The molecule has 0 aliphatic rings. The summed E-state index contributed by atoms with van der Waals surface area (Å²) in [4.78, 5) is 16.1. The van der Waals surface area contributed by atoms with Gasteiger partial charge in [0.05, 0.1) is 16.8 Å². The molecule has 0 unspecified atom stereocenters. The van der Waals surface area contributed by atoms with Crippen LogP contribution in [0.2, 0.25) is 0 Å². The number of nitrogens with zero attached hydrogens (tertiary/aromatic N) is 1. The third kappa shape index (κ3) is 3.22. The zero-order chi connectivity index (χ0) is 19.8. The first-order valence-electron chi connectivity index (χ1n) is 8.63. The number of pyridine rings is 1. The Morgan fingerprint density at radius 1 is 0.893 bits per heavy atom. The average molecular weight is 375 g/mol. The van der Waals surface area contributed by atoms with E-state index in [0.717, 1.165) is 5.56 Å². The Labute approximate surface area is 159 Å². The summed E-state index contributed by atoms with van der Waals surface area (Å²) in [5, 5.41) is 9.74. The van der Waals surface area contributed by atoms with Gasteiger partial charge in [-0.2, -0.15) is 0 Å². The Morgan fingerprint density at radius 3 is 2.29 bits per heavy atom. The second-order valence-electron chi connectivity index (χ2n) is 6.58. The molecule has 0 aliphatic carbocycles. The van der Waals surface area contributed by atoms with E-state index in [-0.39, 0.29) is 16.8 Å². The maximum absolute atomic E-state index is 14.2. The lowest BCUT2D eigenvalue weighted by Gasteiger charge is -2.09. The molecule has 1 N–H and O–H groups in total. The van der Waals surface area contributed by atoms with Gasteiger partial charge >= 0.3 is 5.97 Å². The summed E-state index contributed by atoms with van der Waals surface area (Å²) in [5.74, 6) is -1.97. The minimum absolute atomic E-state index is 0.0202. The molecule has 1 aromatic heterocycles. The Hall–Kier alpha value is -3.60. The molecular weight excluding hydrogens is 360 g/mol. The summed E-state index contributed by atoms with van der Waals surface area (Å²) in [6, 6.07) is 17.4. The first-order chi connectivity index (χ1) is 13.4. The number of carboxylic acids is 1. The van der Waals surface area contributed by atoms with Gasteiger partial charge in [0.25, 0.3) is 0 Å². The molecule has 1 heterocycles. The van der Waals surface area contributed by atoms with Crippen molar-refractivity contribution in [2.24, 2.45) is 0 Å². The Bertz CT molecular complexity index is 1220. The van der Waals surface area contributed by atoms with Crippen molar-refractivity contribution in [3.05, 3.63) is 89.5 Å². The molecule has 28 heavy (non-hydrogen) atoms. The summed E-state index contributed by atoms with van der Waals surface area (Å²) in [5.41, 5.74) is 3.55. The van der Waals surface area contributed by atoms with Crippen LogP contribution in [0.1, 0.15) is 15.9 Å². The first kappa shape index (κ1) is 17.8. The fraction of sp³-hybridized carbons (Fsp3) is 0.0435. The van der Waals surface area contributed by atoms with Crippen molar-refractivity contribution < 1.29 is 18.7 Å². The fourth-order valence-electron chi connectivity index (χ4n) is 3.20. The highest BCUT2D eigenvalue weighted by Crippen LogP contribution is 2.29. The molecular formula is C23H15F2NO2. The molecule has 0 aliphatic heterocycles. The van der Waals surface area contributed by atoms with Crippen molar-refractivity contribution in [2.45, 2.75) is 6.92 Å². The molecule has 3 aromatic carbocycles. The van der Waals surface area contributed by atoms with Gasteiger partial charge in [-0.05, 0) is 48.4 Å². The molecule has 0 radical (unpaired) electrons. The lowest BCUT2D eigenvalue weighted by Crippen LogP contribution is -2.00. The van der Waals surface area contributed by atoms with Gasteiger partial charge < -0.3 is 5.11 Å². The van der Waals surface area contributed by atoms with Crippen LogP contribution in [-0.4, -0.2) is 16.1 Å². The summed E-state index contributed by atoms with van der Waals surface area (Å²) >= 11 is 0. The van der Waals surface area contributed by atoms with Crippen molar-refractivity contribution in [3.8, 4) is 22.4 Å². The van der Waals surface area contributed by atoms with E-state index in [4.69, 9.17) is 0 Å². The van der Waals surface area contributed by atoms with Gasteiger partial charge in [0.1, 0.15) is 11.6 Å². The number of hydrogen-bond donors (Lipinski definition) is 1. The molecule has 0 saturated carbocycles. The van der Waals surface area contributed by atoms with Gasteiger partial charge in [0.15, 0.2) is 0 Å². The number of aryl methyl sites for hydroxylation is 1. The van der Waals surface area contributed by atoms with Gasteiger partial charge in [-0.15, -0.1) is 0 Å². The predicted molar refractivity (Wildman–Crippen MR) is 104 cm³/mol. The van der Waals surface area contributed by atoms with Crippen LogP contribution in [-0.2, 0) is 0 Å². The second kappa shape index (κ2) is 6.85. The van der Waals surface area contributed by atoms with Crippen LogP contribution >= 0.6 is 0 Å². The van der Waals surface area contributed by atoms with E-state index in [0.29, 0.717) is 27.9 Å². The van der Waals surface area contributed by atoms with Gasteiger partial charge in [0.2, 0.25) is 0 Å². The van der Waals surface area contributed by atoms with Gasteiger partial charge in [-0.25, -0.2) is 18.6 Å². The van der Waals surface area contributed by atoms with Crippen LogP contribution in [0.25, 0.3) is 33.3 Å². The van der Waals surface area contributed by atoms with Crippen molar-refractivity contribution in [1.82, 2.24) is 4.98 Å². The smallest absolute Gasteiger partial charge is 0.336 e. The zero-order valence-electron chi connectivity index (χ0n) is 14.9. The van der Waals surface area contributed by atoms with Crippen molar-refractivity contribution in [1.29, 1.82) is 0 Å². The third-order valence-corrected chi connectivity index (χ3v) is 4.62. The molecule has 5 heteroatoms. The molecule has 0 spiro atoms. The van der Waals surface area contributed by atoms with Crippen LogP contribution in [0.4, 0.5) is 8.78 Å². The molecule has 0 saturated heterocycles. The SMILES string of the molecule is Cc1ccc(-c2ccc(-c3cc(C(=O)O)c4cc(F)ccc4n3)cc2)c(F)c1. The number of aromatic nitrogens is 1. The van der Waals surface area contributed by atoms with E-state index in [9.17, 15) is 18.7 Å². The zero-order valence-corrected chi connectivity index (χ0v) is 14.9. The number of carboxylic acid groups (broad SMARTS) is 1. The predicted octanol–water partition coefficient (Wildman–Crippen LogP) is 5.85. The Morgan fingerprint density at radius 2 is 1.61 bits per heavy atom. The van der Waals surface area contributed by atoms with Crippen molar-refractivity contribution in [2.75, 3.05) is 0 Å². The molecule has 3 nitrogen and oxygen atoms in total. The number of halogens is 2. The van der Waals surface area contributed by atoms with Crippen LogP contribution in [0.15, 0.2) is 66.7 Å². The van der Waals surface area contributed by atoms with Crippen LogP contribution in [0, 0.1) is 18.6 Å². The highest BCUT2D eigenvalue weighted by atomic mass is 19.1. The number of fused-ring (bicyclic) bond motifs is 1. The van der Waals surface area contributed by atoms with E-state index < -0.39 is 11.8 Å². The van der Waals surface area contributed by atoms with Gasteiger partial charge in [0, 0.05) is 16.5 Å². The van der Waals surface area contributed by atoms with Gasteiger partial charge in [-0.3, -0.25) is 0 Å². The molecule has 4 rings (SSSR count). The van der Waals surface area contributed by atoms with Gasteiger partial charge in [-0.1, -0.05) is 36.4 Å². The fourth-order valence-corrected chi connectivity index (χ4v) is 3.20. The normalized spacial score (nSPS) is 11.0. The molecule has 138 valence electrons. The average Bonchev–Trinajstić information content (AvgIpc) is 2.67. The number of rotatable bonds is 3. The summed E-state index contributed by atoms with van der Waals surface area (Å²) in [7, 11) is 0. The standard InChI is InChI=1S/C23H15F2NO2/c1-13-2-8-17(20(25)10-13)14-3-5-15(6-4-14)22-12-19(23(27)28)18-11-16(24)7-9-21(18)26-22/h2-12H,1H3,(H,27,28). The lowest BCUT2D eigenvalue weighted by molar-refractivity contribution is 0.0699. The maximum Gasteiger partial charge on any atom is 0.336 e. The second-order valence-corrected chi connectivity index (χ2v) is 6.58. The highest BCUT2D eigenvalue weighted by Gasteiger charge is 2.14. The van der Waals surface area contributed by atoms with Crippen LogP contribution < -0.4 is 0 Å². The lowest BCUT2D eigenvalue weighted by atomic mass is 9.99. The van der Waals surface area contributed by atoms with Crippen molar-refractivity contribution >= 4 is 16.9 Å². The van der Waals surface area contributed by atoms with E-state index >= 15 is 0 Å². The maximum atomic E-state index is 14.2. The summed E-state index contributed by atoms with van der Waals surface area (Å²) in [6.07, 6.45) is 0. The minimum Gasteiger partial charge on any atom is -0.478 e. The molecule has 0 atom stereocenters. The molecule has 0 fully saturated rings. The number of aromatic carboxylic acids is 1. The first-order valence-corrected chi connectivity index (χ1v) is 8.63. The van der Waals surface area contributed by atoms with Crippen LogP contribution in [0.3, 0.4) is 0 Å². The molecule has 4 aromatic rings. The van der Waals surface area contributed by atoms with E-state index in [2.05, 4.69) is 4.98 Å². The topological polar surface area (TPSA) is 50.2 Å². The number of hydrogen-bond acceptors (Lipinski definition) is 2. The largest absolute Gasteiger partial charge is 0.478 e. The van der Waals surface area contributed by atoms with E-state index in [1.54, 1.807) is 30.3 Å². The number of benzene rings is 3. The van der Waals surface area contributed by atoms with Crippen molar-refractivity contribution in [3.63, 3.8) is 0 Å². The monoisotopic (exact) mass is 375 g/mol. The molecule has 0 amide bonds. The Balaban J connectivity index is 1.80. The molecule has 0 bridgehead atoms. The minimum atomic E-state index is -1.16. The number of carbonyl (C=O) groups is 1. The third-order valence-electron chi connectivity index (χ3n) is 4.62.